The lowest BCUT2D eigenvalue weighted by Gasteiger charge is -2.29. The maximum Gasteiger partial charge on any atom is 0.221 e. The van der Waals surface area contributed by atoms with Gasteiger partial charge in [0.1, 0.15) is 0 Å². The number of benzene rings is 3. The molecular formula is C29H30N4O. The van der Waals surface area contributed by atoms with Gasteiger partial charge in [-0.15, -0.1) is 0 Å². The monoisotopic (exact) mass is 450 g/mol. The highest BCUT2D eigenvalue weighted by molar-refractivity contribution is 5.80. The van der Waals surface area contributed by atoms with E-state index in [9.17, 15) is 0 Å². The zero-order chi connectivity index (χ0) is 23.7. The number of nitrogens with zero attached hydrogens (tertiary/aromatic N) is 3. The van der Waals surface area contributed by atoms with Crippen molar-refractivity contribution in [3.05, 3.63) is 94.7 Å². The molecule has 0 spiro atoms. The molecule has 0 atom stereocenters. The van der Waals surface area contributed by atoms with Crippen molar-refractivity contribution >= 4 is 5.69 Å². The number of ether oxygens (including phenoxy) is 1. The summed E-state index contributed by atoms with van der Waals surface area (Å²) in [5.74, 6) is 1.38. The van der Waals surface area contributed by atoms with Crippen LogP contribution in [0.1, 0.15) is 27.9 Å². The SMILES string of the molecule is COc1nc(-c2cccc(-c3cccc(N)c3C)c2C)nc2c1CN(Cc1ccccc1)CC2. The van der Waals surface area contributed by atoms with Crippen LogP contribution >= 0.6 is 0 Å². The second kappa shape index (κ2) is 9.27. The average Bonchev–Trinajstić information content (AvgIpc) is 2.86. The Morgan fingerprint density at radius 2 is 1.56 bits per heavy atom. The number of nitrogen functional groups attached to an aromatic ring is 1. The van der Waals surface area contributed by atoms with E-state index in [-0.39, 0.29) is 0 Å². The molecular weight excluding hydrogens is 420 g/mol. The van der Waals surface area contributed by atoms with E-state index < -0.39 is 0 Å². The molecule has 4 aromatic rings. The van der Waals surface area contributed by atoms with E-state index in [2.05, 4.69) is 73.3 Å². The number of anilines is 1. The summed E-state index contributed by atoms with van der Waals surface area (Å²) < 4.78 is 5.77. The first-order valence-electron chi connectivity index (χ1n) is 11.7. The molecule has 0 radical (unpaired) electrons. The molecule has 34 heavy (non-hydrogen) atoms. The Morgan fingerprint density at radius 1 is 0.853 bits per heavy atom. The molecule has 1 aliphatic rings. The van der Waals surface area contributed by atoms with Gasteiger partial charge in [-0.1, -0.05) is 60.7 Å². The predicted molar refractivity (Wildman–Crippen MR) is 138 cm³/mol. The number of hydrogen-bond acceptors (Lipinski definition) is 5. The molecule has 1 aromatic heterocycles. The molecule has 0 unspecified atom stereocenters. The van der Waals surface area contributed by atoms with E-state index >= 15 is 0 Å². The highest BCUT2D eigenvalue weighted by atomic mass is 16.5. The van der Waals surface area contributed by atoms with E-state index in [1.54, 1.807) is 7.11 Å². The van der Waals surface area contributed by atoms with E-state index in [4.69, 9.17) is 20.4 Å². The van der Waals surface area contributed by atoms with Crippen molar-refractivity contribution < 1.29 is 4.74 Å². The van der Waals surface area contributed by atoms with Gasteiger partial charge in [0, 0.05) is 42.9 Å². The molecule has 3 aromatic carbocycles. The first-order chi connectivity index (χ1) is 16.5. The van der Waals surface area contributed by atoms with Gasteiger partial charge in [-0.25, -0.2) is 4.98 Å². The Balaban J connectivity index is 1.50. The number of aromatic nitrogens is 2. The van der Waals surface area contributed by atoms with Crippen LogP contribution in [0.25, 0.3) is 22.5 Å². The fraction of sp³-hybridized carbons (Fsp3) is 0.241. The Bertz CT molecular complexity index is 1320. The van der Waals surface area contributed by atoms with Gasteiger partial charge in [-0.2, -0.15) is 4.98 Å². The van der Waals surface area contributed by atoms with Crippen LogP contribution in [0, 0.1) is 13.8 Å². The zero-order valence-electron chi connectivity index (χ0n) is 20.0. The largest absolute Gasteiger partial charge is 0.481 e. The normalized spacial score (nSPS) is 13.5. The summed E-state index contributed by atoms with van der Waals surface area (Å²) in [4.78, 5) is 12.3. The standard InChI is InChI=1S/C29H30N4O/c1-19-22(23-12-8-14-26(30)20(23)2)11-7-13-24(19)28-31-27-15-16-33(17-21-9-5-4-6-10-21)18-25(27)29(32-28)34-3/h4-14H,15-18,30H2,1-3H3. The summed E-state index contributed by atoms with van der Waals surface area (Å²) in [6.45, 7) is 6.85. The van der Waals surface area contributed by atoms with Crippen molar-refractivity contribution in [2.75, 3.05) is 19.4 Å². The van der Waals surface area contributed by atoms with Crippen molar-refractivity contribution in [3.8, 4) is 28.4 Å². The van der Waals surface area contributed by atoms with E-state index in [0.717, 1.165) is 70.8 Å². The number of rotatable bonds is 5. The smallest absolute Gasteiger partial charge is 0.221 e. The molecule has 2 N–H and O–H groups in total. The molecule has 5 heteroatoms. The Morgan fingerprint density at radius 3 is 2.32 bits per heavy atom. The molecule has 5 rings (SSSR count). The Hall–Kier alpha value is -3.70. The number of nitrogens with two attached hydrogens (primary N) is 1. The third-order valence-corrected chi connectivity index (χ3v) is 6.78. The maximum atomic E-state index is 6.19. The van der Waals surface area contributed by atoms with Crippen LogP contribution in [-0.4, -0.2) is 28.5 Å². The van der Waals surface area contributed by atoms with Gasteiger partial charge in [0.15, 0.2) is 5.82 Å². The Kier molecular flexibility index (Phi) is 6.03. The van der Waals surface area contributed by atoms with E-state index in [1.165, 1.54) is 5.56 Å². The summed E-state index contributed by atoms with van der Waals surface area (Å²) in [5.41, 5.74) is 16.0. The van der Waals surface area contributed by atoms with Gasteiger partial charge < -0.3 is 10.5 Å². The topological polar surface area (TPSA) is 64.3 Å². The van der Waals surface area contributed by atoms with Crippen molar-refractivity contribution in [1.29, 1.82) is 0 Å². The lowest BCUT2D eigenvalue weighted by atomic mass is 9.92. The van der Waals surface area contributed by atoms with Crippen molar-refractivity contribution in [1.82, 2.24) is 14.9 Å². The maximum absolute atomic E-state index is 6.19. The lowest BCUT2D eigenvalue weighted by Crippen LogP contribution is -2.31. The number of fused-ring (bicyclic) bond motifs is 1. The second-order valence-corrected chi connectivity index (χ2v) is 8.93. The van der Waals surface area contributed by atoms with Crippen molar-refractivity contribution in [3.63, 3.8) is 0 Å². The summed E-state index contributed by atoms with van der Waals surface area (Å²) in [7, 11) is 1.70. The van der Waals surface area contributed by atoms with Crippen molar-refractivity contribution in [2.24, 2.45) is 0 Å². The molecule has 5 nitrogen and oxygen atoms in total. The molecule has 0 aliphatic carbocycles. The van der Waals surface area contributed by atoms with Crippen LogP contribution in [-0.2, 0) is 19.5 Å². The van der Waals surface area contributed by atoms with Crippen LogP contribution in [0.2, 0.25) is 0 Å². The molecule has 0 saturated carbocycles. The van der Waals surface area contributed by atoms with Gasteiger partial charge in [-0.05, 0) is 47.7 Å². The van der Waals surface area contributed by atoms with E-state index in [0.29, 0.717) is 11.7 Å². The molecule has 0 fully saturated rings. The number of methoxy groups -OCH3 is 1. The van der Waals surface area contributed by atoms with Gasteiger partial charge in [-0.3, -0.25) is 4.90 Å². The third kappa shape index (κ3) is 4.15. The summed E-state index contributed by atoms with van der Waals surface area (Å²) in [5, 5.41) is 0. The molecule has 172 valence electrons. The quantitative estimate of drug-likeness (QED) is 0.402. The van der Waals surface area contributed by atoms with E-state index in [1.807, 2.05) is 12.1 Å². The first kappa shape index (κ1) is 22.1. The third-order valence-electron chi connectivity index (χ3n) is 6.78. The summed E-state index contributed by atoms with van der Waals surface area (Å²) >= 11 is 0. The van der Waals surface area contributed by atoms with Gasteiger partial charge in [0.25, 0.3) is 0 Å². The molecule has 0 amide bonds. The van der Waals surface area contributed by atoms with Crippen LogP contribution < -0.4 is 10.5 Å². The fourth-order valence-electron chi connectivity index (χ4n) is 4.82. The Labute approximate surface area is 201 Å². The zero-order valence-corrected chi connectivity index (χ0v) is 20.0. The van der Waals surface area contributed by atoms with Crippen LogP contribution in [0.15, 0.2) is 66.7 Å². The van der Waals surface area contributed by atoms with Crippen LogP contribution in [0.5, 0.6) is 5.88 Å². The van der Waals surface area contributed by atoms with Crippen molar-refractivity contribution in [2.45, 2.75) is 33.4 Å². The molecule has 2 heterocycles. The first-order valence-corrected chi connectivity index (χ1v) is 11.7. The second-order valence-electron chi connectivity index (χ2n) is 8.93. The predicted octanol–water partition coefficient (Wildman–Crippen LogP) is 5.58. The van der Waals surface area contributed by atoms with Crippen LogP contribution in [0.3, 0.4) is 0 Å². The fourth-order valence-corrected chi connectivity index (χ4v) is 4.82. The van der Waals surface area contributed by atoms with Gasteiger partial charge in [0.05, 0.1) is 12.8 Å². The van der Waals surface area contributed by atoms with Gasteiger partial charge >= 0.3 is 0 Å². The molecule has 0 bridgehead atoms. The lowest BCUT2D eigenvalue weighted by molar-refractivity contribution is 0.236. The minimum absolute atomic E-state index is 0.669. The minimum atomic E-state index is 0.669. The molecule has 0 saturated heterocycles. The number of hydrogen-bond donors (Lipinski definition) is 1. The molecule has 1 aliphatic heterocycles. The highest BCUT2D eigenvalue weighted by Gasteiger charge is 2.24. The summed E-state index contributed by atoms with van der Waals surface area (Å²) in [6.07, 6.45) is 0.876. The van der Waals surface area contributed by atoms with Gasteiger partial charge in [0.2, 0.25) is 5.88 Å². The summed E-state index contributed by atoms with van der Waals surface area (Å²) in [6, 6.07) is 22.9. The highest BCUT2D eigenvalue weighted by Crippen LogP contribution is 2.35. The minimum Gasteiger partial charge on any atom is -0.481 e. The average molecular weight is 451 g/mol. The van der Waals surface area contributed by atoms with Crippen LogP contribution in [0.4, 0.5) is 5.69 Å².